The molecule has 0 N–H and O–H groups in total. The van der Waals surface area contributed by atoms with Crippen molar-refractivity contribution in [3.05, 3.63) is 53.5 Å². The van der Waals surface area contributed by atoms with Crippen LogP contribution >= 0.6 is 0 Å². The summed E-state index contributed by atoms with van der Waals surface area (Å²) in [5.41, 5.74) is 1.44. The number of pyridine rings is 1. The second-order valence-corrected chi connectivity index (χ2v) is 7.33. The summed E-state index contributed by atoms with van der Waals surface area (Å²) in [5.74, 6) is -0.0399. The van der Waals surface area contributed by atoms with Crippen molar-refractivity contribution in [2.24, 2.45) is 0 Å². The third-order valence-electron chi connectivity index (χ3n) is 5.17. The predicted octanol–water partition coefficient (Wildman–Crippen LogP) is 3.63. The highest BCUT2D eigenvalue weighted by Crippen LogP contribution is 2.28. The van der Waals surface area contributed by atoms with E-state index in [-0.39, 0.29) is 17.5 Å². The maximum atomic E-state index is 13.8. The SMILES string of the molecule is Cc1ccc(F)c(Oc2ccc(C(=O)N3CCCN(C4CC4)CC3)cn2)c1. The van der Waals surface area contributed by atoms with Gasteiger partial charge in [0.15, 0.2) is 11.6 Å². The fourth-order valence-corrected chi connectivity index (χ4v) is 3.50. The first-order chi connectivity index (χ1) is 13.1. The molecule has 142 valence electrons. The van der Waals surface area contributed by atoms with Crippen molar-refractivity contribution in [3.8, 4) is 11.6 Å². The molecule has 2 aromatic rings. The van der Waals surface area contributed by atoms with Gasteiger partial charge in [-0.05, 0) is 49.9 Å². The fraction of sp³-hybridized carbons (Fsp3) is 0.429. The molecule has 5 nitrogen and oxygen atoms in total. The molecule has 1 aromatic carbocycles. The van der Waals surface area contributed by atoms with Gasteiger partial charge in [-0.15, -0.1) is 0 Å². The van der Waals surface area contributed by atoms with Crippen molar-refractivity contribution in [2.45, 2.75) is 32.2 Å². The van der Waals surface area contributed by atoms with Crippen LogP contribution in [0.25, 0.3) is 0 Å². The van der Waals surface area contributed by atoms with E-state index in [0.717, 1.165) is 44.2 Å². The van der Waals surface area contributed by atoms with Gasteiger partial charge < -0.3 is 9.64 Å². The molecule has 1 aliphatic heterocycles. The zero-order chi connectivity index (χ0) is 18.8. The summed E-state index contributed by atoms with van der Waals surface area (Å²) < 4.78 is 19.3. The summed E-state index contributed by atoms with van der Waals surface area (Å²) in [6.45, 7) is 5.41. The van der Waals surface area contributed by atoms with E-state index < -0.39 is 5.82 Å². The van der Waals surface area contributed by atoms with Crippen LogP contribution in [0.2, 0.25) is 0 Å². The summed E-state index contributed by atoms with van der Waals surface area (Å²) >= 11 is 0. The Morgan fingerprint density at radius 1 is 1.15 bits per heavy atom. The monoisotopic (exact) mass is 369 g/mol. The molecule has 0 spiro atoms. The molecule has 2 aliphatic rings. The average molecular weight is 369 g/mol. The van der Waals surface area contributed by atoms with E-state index >= 15 is 0 Å². The third-order valence-corrected chi connectivity index (χ3v) is 5.17. The van der Waals surface area contributed by atoms with E-state index in [1.165, 1.54) is 25.1 Å². The Bertz CT molecular complexity index is 821. The van der Waals surface area contributed by atoms with Crippen molar-refractivity contribution in [2.75, 3.05) is 26.2 Å². The van der Waals surface area contributed by atoms with Crippen LogP contribution in [0, 0.1) is 12.7 Å². The van der Waals surface area contributed by atoms with Crippen molar-refractivity contribution in [1.82, 2.24) is 14.8 Å². The largest absolute Gasteiger partial charge is 0.436 e. The molecule has 1 aliphatic carbocycles. The number of benzene rings is 1. The quantitative estimate of drug-likeness (QED) is 0.826. The summed E-state index contributed by atoms with van der Waals surface area (Å²) in [4.78, 5) is 21.4. The highest BCUT2D eigenvalue weighted by atomic mass is 19.1. The molecule has 2 fully saturated rings. The van der Waals surface area contributed by atoms with Gasteiger partial charge >= 0.3 is 0 Å². The second kappa shape index (κ2) is 7.64. The van der Waals surface area contributed by atoms with E-state index in [9.17, 15) is 9.18 Å². The lowest BCUT2D eigenvalue weighted by Crippen LogP contribution is -2.35. The van der Waals surface area contributed by atoms with Crippen LogP contribution < -0.4 is 4.74 Å². The van der Waals surface area contributed by atoms with Gasteiger partial charge in [0.25, 0.3) is 5.91 Å². The number of carbonyl (C=O) groups is 1. The lowest BCUT2D eigenvalue weighted by molar-refractivity contribution is 0.0760. The third kappa shape index (κ3) is 4.27. The maximum Gasteiger partial charge on any atom is 0.255 e. The first-order valence-electron chi connectivity index (χ1n) is 9.53. The molecular weight excluding hydrogens is 345 g/mol. The molecule has 4 rings (SSSR count). The summed E-state index contributed by atoms with van der Waals surface area (Å²) in [7, 11) is 0. The number of rotatable bonds is 4. The predicted molar refractivity (Wildman–Crippen MR) is 101 cm³/mol. The number of ether oxygens (including phenoxy) is 1. The number of hydrogen-bond acceptors (Lipinski definition) is 4. The number of carbonyl (C=O) groups excluding carboxylic acids is 1. The Hall–Kier alpha value is -2.47. The number of hydrogen-bond donors (Lipinski definition) is 0. The topological polar surface area (TPSA) is 45.7 Å². The van der Waals surface area contributed by atoms with Crippen LogP contribution in [0.15, 0.2) is 36.5 Å². The molecule has 1 saturated heterocycles. The van der Waals surface area contributed by atoms with E-state index in [2.05, 4.69) is 9.88 Å². The highest BCUT2D eigenvalue weighted by Gasteiger charge is 2.31. The Morgan fingerprint density at radius 3 is 2.74 bits per heavy atom. The molecule has 1 amide bonds. The first-order valence-corrected chi connectivity index (χ1v) is 9.53. The number of nitrogens with zero attached hydrogens (tertiary/aromatic N) is 3. The highest BCUT2D eigenvalue weighted by molar-refractivity contribution is 5.94. The lowest BCUT2D eigenvalue weighted by Gasteiger charge is -2.21. The number of amides is 1. The summed E-state index contributed by atoms with van der Waals surface area (Å²) in [6, 6.07) is 8.72. The summed E-state index contributed by atoms with van der Waals surface area (Å²) in [5, 5.41) is 0. The molecule has 27 heavy (non-hydrogen) atoms. The lowest BCUT2D eigenvalue weighted by atomic mass is 10.2. The van der Waals surface area contributed by atoms with Crippen LogP contribution in [-0.4, -0.2) is 52.9 Å². The van der Waals surface area contributed by atoms with Gasteiger partial charge in [-0.2, -0.15) is 0 Å². The van der Waals surface area contributed by atoms with Gasteiger partial charge in [-0.25, -0.2) is 9.37 Å². The zero-order valence-corrected chi connectivity index (χ0v) is 15.5. The molecule has 0 bridgehead atoms. The van der Waals surface area contributed by atoms with Crippen LogP contribution in [0.4, 0.5) is 4.39 Å². The molecule has 2 heterocycles. The average Bonchev–Trinajstić information content (AvgIpc) is 3.51. The number of aryl methyl sites for hydroxylation is 1. The Morgan fingerprint density at radius 2 is 2.00 bits per heavy atom. The van der Waals surface area contributed by atoms with E-state index in [4.69, 9.17) is 4.74 Å². The molecule has 0 radical (unpaired) electrons. The molecule has 1 saturated carbocycles. The fourth-order valence-electron chi connectivity index (χ4n) is 3.50. The number of aromatic nitrogens is 1. The Balaban J connectivity index is 1.40. The maximum absolute atomic E-state index is 13.8. The minimum atomic E-state index is -0.438. The minimum Gasteiger partial charge on any atom is -0.436 e. The van der Waals surface area contributed by atoms with Crippen molar-refractivity contribution in [1.29, 1.82) is 0 Å². The Labute approximate surface area is 158 Å². The van der Waals surface area contributed by atoms with Gasteiger partial charge in [0.2, 0.25) is 5.88 Å². The smallest absolute Gasteiger partial charge is 0.255 e. The zero-order valence-electron chi connectivity index (χ0n) is 15.5. The Kier molecular flexibility index (Phi) is 5.07. The van der Waals surface area contributed by atoms with Gasteiger partial charge in [-0.3, -0.25) is 9.69 Å². The van der Waals surface area contributed by atoms with Crippen molar-refractivity contribution >= 4 is 5.91 Å². The van der Waals surface area contributed by atoms with Crippen LogP contribution in [-0.2, 0) is 0 Å². The number of halogens is 1. The first kappa shape index (κ1) is 17.9. The molecule has 6 heteroatoms. The van der Waals surface area contributed by atoms with E-state index in [0.29, 0.717) is 5.56 Å². The van der Waals surface area contributed by atoms with E-state index in [1.54, 1.807) is 24.3 Å². The normalized spacial score (nSPS) is 18.2. The molecule has 0 unspecified atom stereocenters. The van der Waals surface area contributed by atoms with Gasteiger partial charge in [-0.1, -0.05) is 6.07 Å². The van der Waals surface area contributed by atoms with Crippen LogP contribution in [0.1, 0.15) is 35.2 Å². The van der Waals surface area contributed by atoms with Crippen LogP contribution in [0.3, 0.4) is 0 Å². The minimum absolute atomic E-state index is 0.00608. The summed E-state index contributed by atoms with van der Waals surface area (Å²) in [6.07, 6.45) is 5.10. The van der Waals surface area contributed by atoms with Crippen molar-refractivity contribution < 1.29 is 13.9 Å². The molecule has 1 aromatic heterocycles. The molecule has 0 atom stereocenters. The van der Waals surface area contributed by atoms with E-state index in [1.807, 2.05) is 11.8 Å². The van der Waals surface area contributed by atoms with Crippen molar-refractivity contribution in [3.63, 3.8) is 0 Å². The standard InChI is InChI=1S/C21H24FN3O2/c1-15-3-7-18(22)19(13-15)27-20-8-4-16(14-23-20)21(26)25-10-2-9-24(11-12-25)17-5-6-17/h3-4,7-8,13-14,17H,2,5-6,9-12H2,1H3. The van der Waals surface area contributed by atoms with Crippen LogP contribution in [0.5, 0.6) is 11.6 Å². The molecular formula is C21H24FN3O2. The second-order valence-electron chi connectivity index (χ2n) is 7.33. The van der Waals surface area contributed by atoms with Gasteiger partial charge in [0, 0.05) is 44.5 Å². The van der Waals surface area contributed by atoms with Gasteiger partial charge in [0.1, 0.15) is 0 Å². The van der Waals surface area contributed by atoms with Gasteiger partial charge in [0.05, 0.1) is 5.56 Å².